The van der Waals surface area contributed by atoms with E-state index >= 15 is 0 Å². The average molecular weight is 224 g/mol. The molecule has 1 heterocycles. The molecule has 2 unspecified atom stereocenters. The molecule has 1 aliphatic rings. The van der Waals surface area contributed by atoms with E-state index in [-0.39, 0.29) is 11.8 Å². The molecule has 15 heavy (non-hydrogen) atoms. The molecule has 1 fully saturated rings. The van der Waals surface area contributed by atoms with Gasteiger partial charge in [-0.1, -0.05) is 6.42 Å². The summed E-state index contributed by atoms with van der Waals surface area (Å²) in [7, 11) is 0. The van der Waals surface area contributed by atoms with E-state index in [4.69, 9.17) is 5.73 Å². The highest BCUT2D eigenvalue weighted by Gasteiger charge is 2.31. The van der Waals surface area contributed by atoms with Crippen LogP contribution in [0.15, 0.2) is 16.8 Å². The van der Waals surface area contributed by atoms with Crippen molar-refractivity contribution in [1.29, 1.82) is 0 Å². The van der Waals surface area contributed by atoms with Crippen LogP contribution in [0.3, 0.4) is 0 Å². The van der Waals surface area contributed by atoms with Crippen LogP contribution < -0.4 is 11.1 Å². The molecule has 3 nitrogen and oxygen atoms in total. The molecule has 1 saturated carbocycles. The molecule has 82 valence electrons. The largest absolute Gasteiger partial charge is 0.330 e. The number of hydrogen-bond donors (Lipinski definition) is 2. The summed E-state index contributed by atoms with van der Waals surface area (Å²) < 4.78 is 0. The van der Waals surface area contributed by atoms with Gasteiger partial charge < -0.3 is 11.1 Å². The number of rotatable bonds is 3. The van der Waals surface area contributed by atoms with Gasteiger partial charge in [0.2, 0.25) is 5.91 Å². The molecule has 2 rings (SSSR count). The predicted octanol–water partition coefficient (Wildman–Crippen LogP) is 2.06. The second kappa shape index (κ2) is 4.77. The SMILES string of the molecule is NCC1CCCC1C(=O)Nc1ccsc1. The zero-order chi connectivity index (χ0) is 10.7. The van der Waals surface area contributed by atoms with Gasteiger partial charge in [0, 0.05) is 11.3 Å². The van der Waals surface area contributed by atoms with Crippen LogP contribution in [0.1, 0.15) is 19.3 Å². The Labute approximate surface area is 93.7 Å². The summed E-state index contributed by atoms with van der Waals surface area (Å²) in [6.07, 6.45) is 3.21. The molecule has 4 heteroatoms. The minimum absolute atomic E-state index is 0.120. The molecular weight excluding hydrogens is 208 g/mol. The molecule has 2 atom stereocenters. The molecule has 0 aliphatic heterocycles. The second-order valence-corrected chi connectivity index (χ2v) is 4.81. The Kier molecular flexibility index (Phi) is 3.38. The van der Waals surface area contributed by atoms with Crippen LogP contribution in [0.25, 0.3) is 0 Å². The molecule has 1 amide bonds. The van der Waals surface area contributed by atoms with E-state index in [9.17, 15) is 4.79 Å². The lowest BCUT2D eigenvalue weighted by Gasteiger charge is -2.16. The van der Waals surface area contributed by atoms with Crippen LogP contribution in [-0.2, 0) is 4.79 Å². The number of nitrogens with one attached hydrogen (secondary N) is 1. The highest BCUT2D eigenvalue weighted by Crippen LogP contribution is 2.31. The predicted molar refractivity (Wildman–Crippen MR) is 62.8 cm³/mol. The summed E-state index contributed by atoms with van der Waals surface area (Å²) in [5.41, 5.74) is 6.57. The average Bonchev–Trinajstić information content (AvgIpc) is 2.86. The molecule has 0 radical (unpaired) electrons. The number of carbonyl (C=O) groups excluding carboxylic acids is 1. The minimum atomic E-state index is 0.120. The molecule has 0 spiro atoms. The van der Waals surface area contributed by atoms with E-state index < -0.39 is 0 Å². The molecule has 1 aromatic heterocycles. The summed E-state index contributed by atoms with van der Waals surface area (Å²) in [6.45, 7) is 0.627. The third-order valence-corrected chi connectivity index (χ3v) is 3.77. The zero-order valence-electron chi connectivity index (χ0n) is 8.61. The lowest BCUT2D eigenvalue weighted by Crippen LogP contribution is -2.29. The molecule has 3 N–H and O–H groups in total. The van der Waals surface area contributed by atoms with E-state index in [2.05, 4.69) is 5.32 Å². The molecular formula is C11H16N2OS. The third kappa shape index (κ3) is 2.38. The Morgan fingerprint density at radius 1 is 1.60 bits per heavy atom. The van der Waals surface area contributed by atoms with Crippen LogP contribution >= 0.6 is 11.3 Å². The van der Waals surface area contributed by atoms with Crippen molar-refractivity contribution in [3.8, 4) is 0 Å². The minimum Gasteiger partial charge on any atom is -0.330 e. The van der Waals surface area contributed by atoms with Crippen molar-refractivity contribution in [2.24, 2.45) is 17.6 Å². The van der Waals surface area contributed by atoms with Crippen LogP contribution in [0, 0.1) is 11.8 Å². The summed E-state index contributed by atoms with van der Waals surface area (Å²) in [4.78, 5) is 11.9. The highest BCUT2D eigenvalue weighted by molar-refractivity contribution is 7.08. The van der Waals surface area contributed by atoms with E-state index in [1.807, 2.05) is 16.8 Å². The van der Waals surface area contributed by atoms with Crippen molar-refractivity contribution < 1.29 is 4.79 Å². The van der Waals surface area contributed by atoms with Crippen molar-refractivity contribution in [1.82, 2.24) is 0 Å². The topological polar surface area (TPSA) is 55.1 Å². The lowest BCUT2D eigenvalue weighted by atomic mass is 9.95. The second-order valence-electron chi connectivity index (χ2n) is 4.03. The van der Waals surface area contributed by atoms with Gasteiger partial charge in [0.15, 0.2) is 0 Å². The number of anilines is 1. The third-order valence-electron chi connectivity index (χ3n) is 3.09. The number of hydrogen-bond acceptors (Lipinski definition) is 3. The maximum absolute atomic E-state index is 11.9. The Balaban J connectivity index is 1.96. The zero-order valence-corrected chi connectivity index (χ0v) is 9.43. The Bertz CT molecular complexity index is 323. The van der Waals surface area contributed by atoms with Crippen molar-refractivity contribution in [2.45, 2.75) is 19.3 Å². The summed E-state index contributed by atoms with van der Waals surface area (Å²) in [6, 6.07) is 1.93. The Morgan fingerprint density at radius 3 is 3.13 bits per heavy atom. The van der Waals surface area contributed by atoms with Gasteiger partial charge in [-0.3, -0.25) is 4.79 Å². The first kappa shape index (κ1) is 10.6. The van der Waals surface area contributed by atoms with Gasteiger partial charge in [0.25, 0.3) is 0 Å². The first-order valence-corrected chi connectivity index (χ1v) is 6.28. The maximum Gasteiger partial charge on any atom is 0.227 e. The van der Waals surface area contributed by atoms with Crippen LogP contribution in [0.5, 0.6) is 0 Å². The first-order chi connectivity index (χ1) is 7.31. The molecule has 1 aliphatic carbocycles. The normalized spacial score (nSPS) is 25.4. The number of carbonyl (C=O) groups is 1. The van der Waals surface area contributed by atoms with Crippen molar-refractivity contribution in [2.75, 3.05) is 11.9 Å². The maximum atomic E-state index is 11.9. The smallest absolute Gasteiger partial charge is 0.227 e. The summed E-state index contributed by atoms with van der Waals surface area (Å²) in [5, 5.41) is 6.86. The van der Waals surface area contributed by atoms with E-state index in [0.29, 0.717) is 12.5 Å². The number of nitrogens with two attached hydrogens (primary N) is 1. The van der Waals surface area contributed by atoms with E-state index in [1.165, 1.54) is 0 Å². The van der Waals surface area contributed by atoms with Crippen LogP contribution in [-0.4, -0.2) is 12.5 Å². The molecule has 0 bridgehead atoms. The van der Waals surface area contributed by atoms with Gasteiger partial charge >= 0.3 is 0 Å². The first-order valence-electron chi connectivity index (χ1n) is 5.34. The standard InChI is InChI=1S/C11H16N2OS/c12-6-8-2-1-3-10(8)11(14)13-9-4-5-15-7-9/h4-5,7-8,10H,1-3,6,12H2,(H,13,14). The molecule has 0 aromatic carbocycles. The van der Waals surface area contributed by atoms with Crippen molar-refractivity contribution in [3.63, 3.8) is 0 Å². The lowest BCUT2D eigenvalue weighted by molar-refractivity contribution is -0.120. The summed E-state index contributed by atoms with van der Waals surface area (Å²) >= 11 is 1.59. The summed E-state index contributed by atoms with van der Waals surface area (Å²) in [5.74, 6) is 0.639. The van der Waals surface area contributed by atoms with Gasteiger partial charge in [-0.15, -0.1) is 0 Å². The van der Waals surface area contributed by atoms with E-state index in [1.54, 1.807) is 11.3 Å². The monoisotopic (exact) mass is 224 g/mol. The fraction of sp³-hybridized carbons (Fsp3) is 0.545. The van der Waals surface area contributed by atoms with Gasteiger partial charge in [-0.2, -0.15) is 11.3 Å². The Morgan fingerprint density at radius 2 is 2.47 bits per heavy atom. The van der Waals surface area contributed by atoms with Crippen molar-refractivity contribution >= 4 is 22.9 Å². The fourth-order valence-corrected chi connectivity index (χ4v) is 2.82. The van der Waals surface area contributed by atoms with Gasteiger partial charge in [-0.05, 0) is 36.8 Å². The number of thiophene rings is 1. The van der Waals surface area contributed by atoms with Gasteiger partial charge in [-0.25, -0.2) is 0 Å². The molecule has 1 aromatic rings. The Hall–Kier alpha value is -0.870. The molecule has 0 saturated heterocycles. The van der Waals surface area contributed by atoms with Gasteiger partial charge in [0.1, 0.15) is 0 Å². The number of amides is 1. The van der Waals surface area contributed by atoms with Crippen LogP contribution in [0.4, 0.5) is 5.69 Å². The van der Waals surface area contributed by atoms with Crippen molar-refractivity contribution in [3.05, 3.63) is 16.8 Å². The fourth-order valence-electron chi connectivity index (χ4n) is 2.23. The highest BCUT2D eigenvalue weighted by atomic mass is 32.1. The quantitative estimate of drug-likeness (QED) is 0.825. The van der Waals surface area contributed by atoms with E-state index in [0.717, 1.165) is 24.9 Å². The van der Waals surface area contributed by atoms with Crippen LogP contribution in [0.2, 0.25) is 0 Å². The van der Waals surface area contributed by atoms with Gasteiger partial charge in [0.05, 0.1) is 5.69 Å².